The summed E-state index contributed by atoms with van der Waals surface area (Å²) in [6.45, 7) is 3.46. The fourth-order valence-electron chi connectivity index (χ4n) is 3.89. The Morgan fingerprint density at radius 1 is 0.867 bits per heavy atom. The first kappa shape index (κ1) is 19.2. The Bertz CT molecular complexity index is 1180. The van der Waals surface area contributed by atoms with Crippen molar-refractivity contribution in [2.24, 2.45) is 4.99 Å². The first-order valence-electron chi connectivity index (χ1n) is 9.94. The number of thioether (sulfide) groups is 1. The maximum absolute atomic E-state index is 12.4. The van der Waals surface area contributed by atoms with E-state index in [0.29, 0.717) is 9.93 Å². The topological polar surface area (TPSA) is 35.9 Å². The van der Waals surface area contributed by atoms with Gasteiger partial charge in [-0.05, 0) is 40.9 Å². The molecule has 2 aliphatic heterocycles. The third-order valence-corrected chi connectivity index (χ3v) is 6.85. The molecule has 4 nitrogen and oxygen atoms in total. The number of fused-ring (bicyclic) bond motifs is 1. The number of amides is 1. The lowest BCUT2D eigenvalue weighted by atomic mass is 10.1. The van der Waals surface area contributed by atoms with Crippen molar-refractivity contribution in [3.8, 4) is 0 Å². The van der Waals surface area contributed by atoms with Gasteiger partial charge in [0.2, 0.25) is 0 Å². The standard InChI is InChI=1S/C24H20ClN3OS/c25-20-10-4-2-7-18(20)16-22-23(29)26-24(30-22)28-14-12-27(13-15-28)21-11-5-8-17-6-1-3-9-19(17)21/h1-11,16H,12-15H2. The third kappa shape index (κ3) is 3.71. The molecule has 6 heteroatoms. The number of hydrogen-bond acceptors (Lipinski definition) is 4. The van der Waals surface area contributed by atoms with E-state index in [1.165, 1.54) is 28.2 Å². The van der Waals surface area contributed by atoms with Crippen molar-refractivity contribution in [3.05, 3.63) is 82.2 Å². The molecule has 1 fully saturated rings. The molecule has 0 N–H and O–H groups in total. The van der Waals surface area contributed by atoms with E-state index in [2.05, 4.69) is 57.3 Å². The van der Waals surface area contributed by atoms with E-state index >= 15 is 0 Å². The van der Waals surface area contributed by atoms with Gasteiger partial charge in [-0.3, -0.25) is 4.79 Å². The van der Waals surface area contributed by atoms with Gasteiger partial charge in [0.25, 0.3) is 5.91 Å². The molecular formula is C24H20ClN3OS. The number of nitrogens with zero attached hydrogens (tertiary/aromatic N) is 3. The Kier molecular flexibility index (Phi) is 5.23. The fourth-order valence-corrected chi connectivity index (χ4v) is 5.04. The molecule has 2 aliphatic rings. The van der Waals surface area contributed by atoms with Crippen molar-refractivity contribution in [1.29, 1.82) is 0 Å². The summed E-state index contributed by atoms with van der Waals surface area (Å²) in [5, 5.41) is 3.96. The minimum atomic E-state index is -0.189. The maximum Gasteiger partial charge on any atom is 0.286 e. The summed E-state index contributed by atoms with van der Waals surface area (Å²) in [7, 11) is 0. The molecule has 3 aromatic carbocycles. The largest absolute Gasteiger partial charge is 0.367 e. The molecule has 0 aliphatic carbocycles. The minimum Gasteiger partial charge on any atom is -0.367 e. The number of rotatable bonds is 2. The van der Waals surface area contributed by atoms with Crippen molar-refractivity contribution in [1.82, 2.24) is 4.90 Å². The Morgan fingerprint density at radius 2 is 1.57 bits per heavy atom. The summed E-state index contributed by atoms with van der Waals surface area (Å²) < 4.78 is 0. The first-order chi connectivity index (χ1) is 14.7. The second-order valence-electron chi connectivity index (χ2n) is 7.30. The van der Waals surface area contributed by atoms with E-state index in [1.54, 1.807) is 0 Å². The summed E-state index contributed by atoms with van der Waals surface area (Å²) in [6, 6.07) is 22.5. The number of aliphatic imine (C=N–C) groups is 1. The zero-order valence-corrected chi connectivity index (χ0v) is 17.9. The normalized spacial score (nSPS) is 18.4. The van der Waals surface area contributed by atoms with Gasteiger partial charge in [0.15, 0.2) is 5.17 Å². The predicted octanol–water partition coefficient (Wildman–Crippen LogP) is 5.29. The fraction of sp³-hybridized carbons (Fsp3) is 0.167. The highest BCUT2D eigenvalue weighted by Gasteiger charge is 2.29. The lowest BCUT2D eigenvalue weighted by Crippen LogP contribution is -2.47. The zero-order valence-electron chi connectivity index (χ0n) is 16.3. The molecule has 0 radical (unpaired) electrons. The number of piperazine rings is 1. The van der Waals surface area contributed by atoms with Crippen LogP contribution in [0.4, 0.5) is 5.69 Å². The number of halogens is 1. The van der Waals surface area contributed by atoms with Crippen LogP contribution < -0.4 is 4.90 Å². The number of anilines is 1. The lowest BCUT2D eigenvalue weighted by molar-refractivity contribution is -0.113. The number of amidine groups is 1. The van der Waals surface area contributed by atoms with Gasteiger partial charge in [-0.2, -0.15) is 4.99 Å². The van der Waals surface area contributed by atoms with E-state index in [-0.39, 0.29) is 5.91 Å². The van der Waals surface area contributed by atoms with E-state index in [4.69, 9.17) is 11.6 Å². The average Bonchev–Trinajstić information content (AvgIpc) is 3.15. The SMILES string of the molecule is O=C1N=C(N2CCN(c3cccc4ccccc34)CC2)SC1=Cc1ccccc1Cl. The van der Waals surface area contributed by atoms with E-state index in [0.717, 1.165) is 36.9 Å². The van der Waals surface area contributed by atoms with Crippen LogP contribution in [0.1, 0.15) is 5.56 Å². The molecule has 0 saturated carbocycles. The summed E-state index contributed by atoms with van der Waals surface area (Å²) >= 11 is 7.67. The van der Waals surface area contributed by atoms with Crippen LogP contribution in [0.25, 0.3) is 16.8 Å². The maximum atomic E-state index is 12.4. The molecule has 2 heterocycles. The highest BCUT2D eigenvalue weighted by Crippen LogP contribution is 2.33. The molecule has 0 unspecified atom stereocenters. The van der Waals surface area contributed by atoms with Crippen molar-refractivity contribution in [3.63, 3.8) is 0 Å². The van der Waals surface area contributed by atoms with Crippen LogP contribution in [0.5, 0.6) is 0 Å². The molecule has 0 aromatic heterocycles. The summed E-state index contributed by atoms with van der Waals surface area (Å²) in [5.41, 5.74) is 2.11. The van der Waals surface area contributed by atoms with Gasteiger partial charge in [0.05, 0.1) is 4.91 Å². The van der Waals surface area contributed by atoms with Crippen molar-refractivity contribution in [2.45, 2.75) is 0 Å². The van der Waals surface area contributed by atoms with Gasteiger partial charge in [0.1, 0.15) is 0 Å². The highest BCUT2D eigenvalue weighted by atomic mass is 35.5. The molecular weight excluding hydrogens is 414 g/mol. The Hall–Kier alpha value is -2.76. The number of carbonyl (C=O) groups excluding carboxylic acids is 1. The van der Waals surface area contributed by atoms with Crippen LogP contribution >= 0.6 is 23.4 Å². The molecule has 0 atom stereocenters. The monoisotopic (exact) mass is 433 g/mol. The van der Waals surface area contributed by atoms with Crippen molar-refractivity contribution in [2.75, 3.05) is 31.1 Å². The van der Waals surface area contributed by atoms with Crippen LogP contribution in [0.2, 0.25) is 5.02 Å². The molecule has 1 saturated heterocycles. The molecule has 3 aromatic rings. The zero-order chi connectivity index (χ0) is 20.5. The smallest absolute Gasteiger partial charge is 0.286 e. The van der Waals surface area contributed by atoms with E-state index in [9.17, 15) is 4.79 Å². The van der Waals surface area contributed by atoms with Gasteiger partial charge in [-0.25, -0.2) is 0 Å². The van der Waals surface area contributed by atoms with Gasteiger partial charge in [-0.1, -0.05) is 66.2 Å². The van der Waals surface area contributed by atoms with Gasteiger partial charge in [-0.15, -0.1) is 0 Å². The minimum absolute atomic E-state index is 0.189. The first-order valence-corrected chi connectivity index (χ1v) is 11.1. The summed E-state index contributed by atoms with van der Waals surface area (Å²) in [4.78, 5) is 22.0. The molecule has 5 rings (SSSR count). The number of carbonyl (C=O) groups is 1. The number of hydrogen-bond donors (Lipinski definition) is 0. The highest BCUT2D eigenvalue weighted by molar-refractivity contribution is 8.18. The average molecular weight is 434 g/mol. The lowest BCUT2D eigenvalue weighted by Gasteiger charge is -2.37. The second-order valence-corrected chi connectivity index (χ2v) is 8.72. The van der Waals surface area contributed by atoms with Crippen molar-refractivity contribution < 1.29 is 4.79 Å². The Morgan fingerprint density at radius 3 is 2.40 bits per heavy atom. The van der Waals surface area contributed by atoms with Crippen LogP contribution in [0.3, 0.4) is 0 Å². The predicted molar refractivity (Wildman–Crippen MR) is 127 cm³/mol. The Labute approximate surface area is 184 Å². The molecule has 0 bridgehead atoms. The Balaban J connectivity index is 1.29. The van der Waals surface area contributed by atoms with Gasteiger partial charge >= 0.3 is 0 Å². The van der Waals surface area contributed by atoms with E-state index in [1.807, 2.05) is 30.3 Å². The third-order valence-electron chi connectivity index (χ3n) is 5.46. The summed E-state index contributed by atoms with van der Waals surface area (Å²) in [6.07, 6.45) is 1.83. The molecule has 0 spiro atoms. The van der Waals surface area contributed by atoms with Crippen LogP contribution in [-0.4, -0.2) is 42.2 Å². The molecule has 150 valence electrons. The molecule has 1 amide bonds. The summed E-state index contributed by atoms with van der Waals surface area (Å²) in [5.74, 6) is -0.189. The van der Waals surface area contributed by atoms with Crippen LogP contribution in [-0.2, 0) is 4.79 Å². The van der Waals surface area contributed by atoms with E-state index < -0.39 is 0 Å². The number of benzene rings is 3. The van der Waals surface area contributed by atoms with Crippen LogP contribution in [0.15, 0.2) is 76.6 Å². The van der Waals surface area contributed by atoms with Gasteiger partial charge < -0.3 is 9.80 Å². The second kappa shape index (κ2) is 8.17. The van der Waals surface area contributed by atoms with Gasteiger partial charge in [0, 0.05) is 42.3 Å². The van der Waals surface area contributed by atoms with Crippen LogP contribution in [0, 0.1) is 0 Å². The quantitative estimate of drug-likeness (QED) is 0.515. The van der Waals surface area contributed by atoms with Crippen molar-refractivity contribution >= 4 is 57.0 Å². The molecule has 30 heavy (non-hydrogen) atoms.